The molecule has 7 nitrogen and oxygen atoms in total. The van der Waals surface area contributed by atoms with E-state index in [1.54, 1.807) is 9.59 Å². The van der Waals surface area contributed by atoms with Gasteiger partial charge in [-0.2, -0.15) is 4.98 Å². The molecule has 2 heterocycles. The van der Waals surface area contributed by atoms with Crippen LogP contribution >= 0.6 is 11.3 Å². The topological polar surface area (TPSA) is 99.5 Å². The first-order valence-electron chi connectivity index (χ1n) is 7.25. The summed E-state index contributed by atoms with van der Waals surface area (Å²) in [5.41, 5.74) is 13.4. The number of benzene rings is 2. The standard InChI is InChI=1S/C16H13N7S.BrH/c17-13-14(18)24-16(19-13)23-21-15(11-7-3-1-4-8-11)20-22(23)12-9-5-2-6-10-12;/h1-10,17-18H,(H,20,21);1H. The van der Waals surface area contributed by atoms with Crippen LogP contribution in [0.3, 0.4) is 0 Å². The summed E-state index contributed by atoms with van der Waals surface area (Å²) in [6.07, 6.45) is 0. The first-order valence-corrected chi connectivity index (χ1v) is 8.07. The Balaban J connectivity index is 0.00000182. The lowest BCUT2D eigenvalue weighted by molar-refractivity contribution is -0.734. The molecule has 126 valence electrons. The minimum atomic E-state index is 0. The van der Waals surface area contributed by atoms with Crippen molar-refractivity contribution < 1.29 is 21.8 Å². The Kier molecular flexibility index (Phi) is 4.77. The molecule has 4 aromatic rings. The molecule has 0 atom stereocenters. The van der Waals surface area contributed by atoms with Crippen molar-refractivity contribution in [3.8, 4) is 22.2 Å². The first kappa shape index (κ1) is 17.1. The number of rotatable bonds is 3. The zero-order valence-electron chi connectivity index (χ0n) is 13.0. The zero-order valence-corrected chi connectivity index (χ0v) is 15.4. The van der Waals surface area contributed by atoms with E-state index in [9.17, 15) is 0 Å². The summed E-state index contributed by atoms with van der Waals surface area (Å²) in [5.74, 6) is 0.887. The number of nitrogens with two attached hydrogens (primary N) is 2. The van der Waals surface area contributed by atoms with Gasteiger partial charge in [-0.25, -0.2) is 0 Å². The van der Waals surface area contributed by atoms with Crippen molar-refractivity contribution in [1.82, 2.24) is 20.0 Å². The molecule has 2 aromatic heterocycles. The van der Waals surface area contributed by atoms with Crippen LogP contribution < -0.4 is 33.2 Å². The van der Waals surface area contributed by atoms with Gasteiger partial charge in [-0.1, -0.05) is 47.7 Å². The lowest BCUT2D eigenvalue weighted by atomic mass is 10.2. The Labute approximate surface area is 158 Å². The Morgan fingerprint density at radius 3 is 2.16 bits per heavy atom. The largest absolute Gasteiger partial charge is 1.00 e. The second-order valence-corrected chi connectivity index (χ2v) is 6.06. The summed E-state index contributed by atoms with van der Waals surface area (Å²) in [6, 6.07) is 19.5. The summed E-state index contributed by atoms with van der Waals surface area (Å²) >= 11 is 1.27. The molecule has 4 N–H and O–H groups in total. The van der Waals surface area contributed by atoms with Gasteiger partial charge in [0.25, 0.3) is 5.13 Å². The Bertz CT molecular complexity index is 963. The first-order chi connectivity index (χ1) is 11.7. The number of nitrogen functional groups attached to an aromatic ring is 2. The second kappa shape index (κ2) is 6.99. The van der Waals surface area contributed by atoms with Crippen LogP contribution in [-0.4, -0.2) is 20.0 Å². The number of hydrogen-bond acceptors (Lipinski definition) is 6. The van der Waals surface area contributed by atoms with Crippen LogP contribution in [0.15, 0.2) is 60.7 Å². The highest BCUT2D eigenvalue weighted by atomic mass is 79.9. The minimum Gasteiger partial charge on any atom is -1.00 e. The van der Waals surface area contributed by atoms with E-state index in [0.29, 0.717) is 21.8 Å². The van der Waals surface area contributed by atoms with Gasteiger partial charge >= 0.3 is 5.82 Å². The lowest BCUT2D eigenvalue weighted by Crippen LogP contribution is -3.00. The van der Waals surface area contributed by atoms with Crippen LogP contribution in [0.25, 0.3) is 22.2 Å². The van der Waals surface area contributed by atoms with Crippen molar-refractivity contribution in [3.63, 3.8) is 0 Å². The fourth-order valence-corrected chi connectivity index (χ4v) is 2.95. The van der Waals surface area contributed by atoms with Crippen molar-refractivity contribution in [1.29, 1.82) is 0 Å². The minimum absolute atomic E-state index is 0. The third kappa shape index (κ3) is 3.24. The van der Waals surface area contributed by atoms with Crippen LogP contribution in [0.5, 0.6) is 0 Å². The molecule has 0 bridgehead atoms. The molecule has 0 saturated heterocycles. The molecule has 0 spiro atoms. The van der Waals surface area contributed by atoms with E-state index in [1.807, 2.05) is 60.7 Å². The van der Waals surface area contributed by atoms with E-state index in [2.05, 4.69) is 15.2 Å². The van der Waals surface area contributed by atoms with Gasteiger partial charge in [0.1, 0.15) is 5.00 Å². The maximum absolute atomic E-state index is 5.84. The van der Waals surface area contributed by atoms with Crippen molar-refractivity contribution in [2.24, 2.45) is 0 Å². The number of halogens is 1. The molecule has 0 aliphatic rings. The second-order valence-electron chi connectivity index (χ2n) is 5.05. The van der Waals surface area contributed by atoms with Gasteiger partial charge in [-0.05, 0) is 34.2 Å². The van der Waals surface area contributed by atoms with Crippen LogP contribution in [-0.2, 0) is 0 Å². The van der Waals surface area contributed by atoms with Crippen LogP contribution in [0, 0.1) is 0 Å². The van der Waals surface area contributed by atoms with Gasteiger partial charge in [0.05, 0.1) is 10.7 Å². The number of thiazole rings is 1. The fraction of sp³-hybridized carbons (Fsp3) is 0. The number of tetrazole rings is 1. The molecule has 0 fully saturated rings. The average molecular weight is 416 g/mol. The maximum Gasteiger partial charge on any atom is 0.340 e. The molecule has 0 unspecified atom stereocenters. The average Bonchev–Trinajstić information content (AvgIpc) is 3.21. The van der Waals surface area contributed by atoms with Crippen LogP contribution in [0.2, 0.25) is 0 Å². The predicted molar refractivity (Wildman–Crippen MR) is 92.8 cm³/mol. The molecule has 0 radical (unpaired) electrons. The highest BCUT2D eigenvalue weighted by Crippen LogP contribution is 2.25. The van der Waals surface area contributed by atoms with Crippen LogP contribution in [0.4, 0.5) is 10.8 Å². The van der Waals surface area contributed by atoms with E-state index in [1.165, 1.54) is 11.3 Å². The van der Waals surface area contributed by atoms with Crippen LogP contribution in [0.1, 0.15) is 0 Å². The highest BCUT2D eigenvalue weighted by Gasteiger charge is 2.25. The molecule has 0 aliphatic carbocycles. The number of anilines is 2. The molecular weight excluding hydrogens is 402 g/mol. The molecule has 25 heavy (non-hydrogen) atoms. The summed E-state index contributed by atoms with van der Waals surface area (Å²) in [6.45, 7) is 0. The third-order valence-corrected chi connectivity index (χ3v) is 4.28. The van der Waals surface area contributed by atoms with E-state index >= 15 is 0 Å². The van der Waals surface area contributed by atoms with E-state index in [4.69, 9.17) is 11.5 Å². The monoisotopic (exact) mass is 415 g/mol. The van der Waals surface area contributed by atoms with E-state index in [-0.39, 0.29) is 17.0 Å². The smallest absolute Gasteiger partial charge is 0.340 e. The SMILES string of the molecule is Nc1nc(-n2nc(-c3ccccc3)n[n+]2-c2ccccc2)sc1N.[Br-]. The molecule has 0 amide bonds. The summed E-state index contributed by atoms with van der Waals surface area (Å²) in [4.78, 5) is 7.57. The fourth-order valence-electron chi connectivity index (χ4n) is 2.26. The quantitative estimate of drug-likeness (QED) is 0.411. The van der Waals surface area contributed by atoms with Gasteiger partial charge < -0.3 is 28.4 Å². The Morgan fingerprint density at radius 1 is 0.920 bits per heavy atom. The number of para-hydroxylation sites is 1. The summed E-state index contributed by atoms with van der Waals surface area (Å²) < 4.78 is 0. The summed E-state index contributed by atoms with van der Waals surface area (Å²) in [7, 11) is 0. The molecule has 9 heteroatoms. The highest BCUT2D eigenvalue weighted by molar-refractivity contribution is 7.18. The van der Waals surface area contributed by atoms with Crippen molar-refractivity contribution in [3.05, 3.63) is 60.7 Å². The number of nitrogens with zero attached hydrogens (tertiary/aromatic N) is 5. The Morgan fingerprint density at radius 2 is 1.56 bits per heavy atom. The predicted octanol–water partition coefficient (Wildman–Crippen LogP) is -1.16. The number of hydrogen-bond donors (Lipinski definition) is 2. The summed E-state index contributed by atoms with van der Waals surface area (Å²) in [5, 5.41) is 10.2. The van der Waals surface area contributed by atoms with Gasteiger partial charge in [0.2, 0.25) is 0 Å². The normalized spacial score (nSPS) is 10.4. The van der Waals surface area contributed by atoms with Crippen molar-refractivity contribution >= 4 is 22.2 Å². The lowest BCUT2D eigenvalue weighted by Gasteiger charge is -1.95. The van der Waals surface area contributed by atoms with E-state index < -0.39 is 0 Å². The number of aromatic nitrogens is 5. The zero-order chi connectivity index (χ0) is 16.5. The molecular formula is C16H14BrN7S. The molecule has 0 saturated carbocycles. The Hall–Kier alpha value is -2.78. The van der Waals surface area contributed by atoms with Gasteiger partial charge in [0, 0.05) is 4.80 Å². The molecule has 2 aromatic carbocycles. The van der Waals surface area contributed by atoms with Gasteiger partial charge in [0.15, 0.2) is 11.5 Å². The van der Waals surface area contributed by atoms with Crippen molar-refractivity contribution in [2.45, 2.75) is 0 Å². The van der Waals surface area contributed by atoms with Gasteiger partial charge in [-0.3, -0.25) is 0 Å². The molecule has 4 rings (SSSR count). The molecule has 0 aliphatic heterocycles. The maximum atomic E-state index is 5.84. The van der Waals surface area contributed by atoms with Gasteiger partial charge in [-0.15, -0.1) is 0 Å². The van der Waals surface area contributed by atoms with E-state index in [0.717, 1.165) is 11.3 Å². The van der Waals surface area contributed by atoms with Crippen molar-refractivity contribution in [2.75, 3.05) is 11.5 Å². The third-order valence-electron chi connectivity index (χ3n) is 3.42.